The van der Waals surface area contributed by atoms with Gasteiger partial charge in [0, 0.05) is 24.7 Å². The summed E-state index contributed by atoms with van der Waals surface area (Å²) in [7, 11) is 0. The van der Waals surface area contributed by atoms with Gasteiger partial charge in [0.25, 0.3) is 0 Å². The van der Waals surface area contributed by atoms with Crippen molar-refractivity contribution in [2.75, 3.05) is 6.54 Å². The molecule has 1 fully saturated rings. The Morgan fingerprint density at radius 3 is 2.74 bits per heavy atom. The lowest BCUT2D eigenvalue weighted by molar-refractivity contribution is 0.158. The van der Waals surface area contributed by atoms with Crippen LogP contribution in [0.2, 0.25) is 0 Å². The second kappa shape index (κ2) is 4.53. The quantitative estimate of drug-likeness (QED) is 0.805. The maximum Gasteiger partial charge on any atom is 0.317 e. The monoisotopic (exact) mass is 259 g/mol. The minimum absolute atomic E-state index is 0.0509. The summed E-state index contributed by atoms with van der Waals surface area (Å²) in [5.74, 6) is 0. The van der Waals surface area contributed by atoms with E-state index in [9.17, 15) is 4.79 Å². The number of amides is 2. The molecule has 0 saturated heterocycles. The molecule has 3 rings (SSSR count). The summed E-state index contributed by atoms with van der Waals surface area (Å²) < 4.78 is 0. The van der Waals surface area contributed by atoms with Crippen molar-refractivity contribution in [3.8, 4) is 0 Å². The van der Waals surface area contributed by atoms with Crippen LogP contribution in [0.4, 0.5) is 4.79 Å². The van der Waals surface area contributed by atoms with Crippen LogP contribution in [0.3, 0.4) is 0 Å². The molecule has 2 aliphatic rings. The van der Waals surface area contributed by atoms with Crippen molar-refractivity contribution in [2.24, 2.45) is 5.73 Å². The average molecular weight is 259 g/mol. The van der Waals surface area contributed by atoms with Crippen molar-refractivity contribution in [1.82, 2.24) is 10.2 Å². The fourth-order valence-corrected chi connectivity index (χ4v) is 3.10. The highest BCUT2D eigenvalue weighted by atomic mass is 16.2. The summed E-state index contributed by atoms with van der Waals surface area (Å²) in [5, 5.41) is 3.08. The standard InChI is InChI=1S/C15H21N3O/c1-15(16)8-13(9-15)17-14(19)18-7-6-11-4-2-3-5-12(11)10-18/h2-5,13H,6-10,16H2,1H3,(H,17,19). The van der Waals surface area contributed by atoms with Crippen LogP contribution in [-0.2, 0) is 13.0 Å². The fourth-order valence-electron chi connectivity index (χ4n) is 3.10. The number of rotatable bonds is 1. The Morgan fingerprint density at radius 2 is 2.05 bits per heavy atom. The number of benzene rings is 1. The summed E-state index contributed by atoms with van der Waals surface area (Å²) in [6.07, 6.45) is 2.70. The number of nitrogens with one attached hydrogen (secondary N) is 1. The summed E-state index contributed by atoms with van der Waals surface area (Å²) in [5.41, 5.74) is 8.50. The van der Waals surface area contributed by atoms with Crippen molar-refractivity contribution in [3.05, 3.63) is 35.4 Å². The van der Waals surface area contributed by atoms with Gasteiger partial charge in [-0.15, -0.1) is 0 Å². The number of nitrogens with zero attached hydrogens (tertiary/aromatic N) is 1. The number of carbonyl (C=O) groups excluding carboxylic acids is 1. The third kappa shape index (κ3) is 2.59. The molecule has 0 bridgehead atoms. The van der Waals surface area contributed by atoms with Crippen molar-refractivity contribution in [3.63, 3.8) is 0 Å². The summed E-state index contributed by atoms with van der Waals surface area (Å²) in [4.78, 5) is 14.1. The molecule has 1 heterocycles. The van der Waals surface area contributed by atoms with Crippen molar-refractivity contribution in [1.29, 1.82) is 0 Å². The van der Waals surface area contributed by atoms with Crippen LogP contribution >= 0.6 is 0 Å². The van der Waals surface area contributed by atoms with Gasteiger partial charge in [-0.25, -0.2) is 4.79 Å². The van der Waals surface area contributed by atoms with E-state index in [0.29, 0.717) is 6.54 Å². The molecule has 1 saturated carbocycles. The molecular weight excluding hydrogens is 238 g/mol. The van der Waals surface area contributed by atoms with E-state index >= 15 is 0 Å². The van der Waals surface area contributed by atoms with E-state index in [1.165, 1.54) is 11.1 Å². The number of carbonyl (C=O) groups is 1. The van der Waals surface area contributed by atoms with Crippen LogP contribution in [-0.4, -0.2) is 29.1 Å². The van der Waals surface area contributed by atoms with E-state index in [0.717, 1.165) is 25.8 Å². The highest BCUT2D eigenvalue weighted by molar-refractivity contribution is 5.75. The minimum atomic E-state index is -0.0908. The first-order valence-corrected chi connectivity index (χ1v) is 6.95. The molecule has 1 aliphatic heterocycles. The normalized spacial score (nSPS) is 29.4. The summed E-state index contributed by atoms with van der Waals surface area (Å²) in [6.45, 7) is 3.55. The van der Waals surface area contributed by atoms with Crippen LogP contribution in [0.5, 0.6) is 0 Å². The zero-order valence-electron chi connectivity index (χ0n) is 11.4. The molecule has 1 aromatic rings. The van der Waals surface area contributed by atoms with Crippen LogP contribution < -0.4 is 11.1 Å². The molecule has 0 atom stereocenters. The van der Waals surface area contributed by atoms with Gasteiger partial charge in [0.2, 0.25) is 0 Å². The molecule has 0 aromatic heterocycles. The molecule has 2 amide bonds. The molecule has 1 aliphatic carbocycles. The molecule has 3 N–H and O–H groups in total. The van der Waals surface area contributed by atoms with Crippen LogP contribution in [0.1, 0.15) is 30.9 Å². The average Bonchev–Trinajstić information content (AvgIpc) is 2.36. The van der Waals surface area contributed by atoms with Crippen LogP contribution in [0.15, 0.2) is 24.3 Å². The number of fused-ring (bicyclic) bond motifs is 1. The zero-order chi connectivity index (χ0) is 13.5. The molecule has 19 heavy (non-hydrogen) atoms. The number of urea groups is 1. The molecule has 0 unspecified atom stereocenters. The van der Waals surface area contributed by atoms with Gasteiger partial charge >= 0.3 is 6.03 Å². The van der Waals surface area contributed by atoms with Crippen LogP contribution in [0.25, 0.3) is 0 Å². The largest absolute Gasteiger partial charge is 0.335 e. The highest BCUT2D eigenvalue weighted by Crippen LogP contribution is 2.29. The highest BCUT2D eigenvalue weighted by Gasteiger charge is 2.38. The van der Waals surface area contributed by atoms with E-state index in [1.807, 2.05) is 17.9 Å². The smallest absolute Gasteiger partial charge is 0.317 e. The molecule has 102 valence electrons. The lowest BCUT2D eigenvalue weighted by atomic mass is 9.75. The lowest BCUT2D eigenvalue weighted by Gasteiger charge is -2.43. The van der Waals surface area contributed by atoms with Crippen LogP contribution in [0, 0.1) is 0 Å². The first-order chi connectivity index (χ1) is 9.03. The van der Waals surface area contributed by atoms with Gasteiger partial charge in [-0.1, -0.05) is 24.3 Å². The summed E-state index contributed by atoms with van der Waals surface area (Å²) in [6, 6.07) is 8.65. The van der Waals surface area contributed by atoms with Gasteiger partial charge in [0.15, 0.2) is 0 Å². The van der Waals surface area contributed by atoms with E-state index < -0.39 is 0 Å². The van der Waals surface area contributed by atoms with Gasteiger partial charge < -0.3 is 16.0 Å². The molecule has 1 aromatic carbocycles. The van der Waals surface area contributed by atoms with E-state index in [1.54, 1.807) is 0 Å². The Labute approximate surface area is 114 Å². The number of hydrogen-bond acceptors (Lipinski definition) is 2. The third-order valence-electron chi connectivity index (χ3n) is 4.17. The Hall–Kier alpha value is -1.55. The second-order valence-corrected chi connectivity index (χ2v) is 6.15. The zero-order valence-corrected chi connectivity index (χ0v) is 11.4. The van der Waals surface area contributed by atoms with Gasteiger partial charge in [-0.3, -0.25) is 0 Å². The number of nitrogens with two attached hydrogens (primary N) is 1. The molecule has 4 heteroatoms. The Kier molecular flexibility index (Phi) is 2.97. The van der Waals surface area contributed by atoms with Crippen molar-refractivity contribution >= 4 is 6.03 Å². The topological polar surface area (TPSA) is 58.4 Å². The fraction of sp³-hybridized carbons (Fsp3) is 0.533. The molecular formula is C15H21N3O. The molecule has 4 nitrogen and oxygen atoms in total. The first-order valence-electron chi connectivity index (χ1n) is 6.95. The summed E-state index contributed by atoms with van der Waals surface area (Å²) >= 11 is 0. The van der Waals surface area contributed by atoms with E-state index in [-0.39, 0.29) is 17.6 Å². The van der Waals surface area contributed by atoms with Gasteiger partial charge in [-0.05, 0) is 37.3 Å². The maximum atomic E-state index is 12.2. The Bertz CT molecular complexity index is 490. The Balaban J connectivity index is 1.58. The van der Waals surface area contributed by atoms with E-state index in [4.69, 9.17) is 5.73 Å². The van der Waals surface area contributed by atoms with Crippen molar-refractivity contribution in [2.45, 2.75) is 44.3 Å². The molecule has 0 spiro atoms. The predicted octanol–water partition coefficient (Wildman–Crippen LogP) is 1.63. The maximum absolute atomic E-state index is 12.2. The van der Waals surface area contributed by atoms with E-state index in [2.05, 4.69) is 23.5 Å². The lowest BCUT2D eigenvalue weighted by Crippen LogP contribution is -2.60. The van der Waals surface area contributed by atoms with Gasteiger partial charge in [0.05, 0.1) is 0 Å². The predicted molar refractivity (Wildman–Crippen MR) is 74.7 cm³/mol. The van der Waals surface area contributed by atoms with Gasteiger partial charge in [0.1, 0.15) is 0 Å². The first kappa shape index (κ1) is 12.5. The Morgan fingerprint density at radius 1 is 1.37 bits per heavy atom. The molecule has 0 radical (unpaired) electrons. The number of hydrogen-bond donors (Lipinski definition) is 2. The minimum Gasteiger partial charge on any atom is -0.335 e. The third-order valence-corrected chi connectivity index (χ3v) is 4.17. The van der Waals surface area contributed by atoms with Crippen molar-refractivity contribution < 1.29 is 4.79 Å². The SMILES string of the molecule is CC1(N)CC(NC(=O)N2CCc3ccccc3C2)C1. The second-order valence-electron chi connectivity index (χ2n) is 6.15. The van der Waals surface area contributed by atoms with Gasteiger partial charge in [-0.2, -0.15) is 0 Å².